The van der Waals surface area contributed by atoms with Gasteiger partial charge in [-0.2, -0.15) is 0 Å². The van der Waals surface area contributed by atoms with E-state index in [0.717, 1.165) is 18.9 Å². The average Bonchev–Trinajstić information content (AvgIpc) is 2.53. The lowest BCUT2D eigenvalue weighted by Gasteiger charge is -2.25. The number of carbonyl (C=O) groups is 2. The van der Waals surface area contributed by atoms with Gasteiger partial charge in [-0.15, -0.1) is 0 Å². The van der Waals surface area contributed by atoms with Gasteiger partial charge in [-0.05, 0) is 44.6 Å². The lowest BCUT2D eigenvalue weighted by atomic mass is 9.82. The molecule has 0 unspecified atom stereocenters. The molecule has 0 aromatic rings. The van der Waals surface area contributed by atoms with Crippen molar-refractivity contribution in [3.05, 3.63) is 46.4 Å². The predicted octanol–water partition coefficient (Wildman–Crippen LogP) is 2.85. The van der Waals surface area contributed by atoms with Crippen molar-refractivity contribution in [2.75, 3.05) is 6.54 Å². The summed E-state index contributed by atoms with van der Waals surface area (Å²) in [4.78, 5) is 32.5. The monoisotopic (exact) mass is 338 g/mol. The van der Waals surface area contributed by atoms with E-state index in [4.69, 9.17) is 9.84 Å². The molecule has 24 heavy (non-hydrogen) atoms. The van der Waals surface area contributed by atoms with Crippen molar-refractivity contribution >= 4 is 12.1 Å². The van der Waals surface area contributed by atoms with E-state index in [0.29, 0.717) is 19.4 Å². The number of rotatable bonds is 7. The molecule has 0 saturated heterocycles. The van der Waals surface area contributed by atoms with Crippen LogP contribution in [0.5, 0.6) is 0 Å². The topological polar surface area (TPSA) is 119 Å². The van der Waals surface area contributed by atoms with Gasteiger partial charge < -0.3 is 15.2 Å². The molecule has 0 bridgehead atoms. The number of carbonyl (C=O) groups excluding carboxylic acids is 1. The van der Waals surface area contributed by atoms with Crippen molar-refractivity contribution in [2.45, 2.75) is 32.6 Å². The lowest BCUT2D eigenvalue weighted by Crippen LogP contribution is -2.32. The van der Waals surface area contributed by atoms with Crippen molar-refractivity contribution in [3.63, 3.8) is 0 Å². The summed E-state index contributed by atoms with van der Waals surface area (Å²) in [5.74, 6) is -0.600. The summed E-state index contributed by atoms with van der Waals surface area (Å²) in [5, 5.41) is 22.2. The minimum Gasteiger partial charge on any atom is -0.481 e. The Morgan fingerprint density at radius 2 is 1.96 bits per heavy atom. The molecule has 1 saturated carbocycles. The zero-order valence-electron chi connectivity index (χ0n) is 13.6. The van der Waals surface area contributed by atoms with Crippen LogP contribution in [0.25, 0.3) is 0 Å². The molecular formula is C16H22N2O6. The Balaban J connectivity index is 2.37. The number of ether oxygens (including phenoxy) is 1. The van der Waals surface area contributed by atoms with Gasteiger partial charge in [0.25, 0.3) is 5.70 Å². The number of carboxylic acids is 1. The third-order valence-corrected chi connectivity index (χ3v) is 3.89. The second kappa shape index (κ2) is 9.49. The standard InChI is InChI=1S/C16H22N2O6/c1-3-14(18(22)23)9-4-11(2)24-16(21)17-10-12-5-7-13(8-6-12)15(19)20/h3-4,9,12-13H,1,5-8,10H2,2H3,(H,17,21)(H,19,20)/b11-4+,14-9+. The van der Waals surface area contributed by atoms with E-state index in [-0.39, 0.29) is 23.3 Å². The lowest BCUT2D eigenvalue weighted by molar-refractivity contribution is -0.418. The number of carboxylic acid groups (broad SMARTS) is 1. The third-order valence-electron chi connectivity index (χ3n) is 3.89. The van der Waals surface area contributed by atoms with Crippen LogP contribution in [0.15, 0.2) is 36.3 Å². The number of nitrogens with one attached hydrogen (secondary N) is 1. The maximum atomic E-state index is 11.7. The van der Waals surface area contributed by atoms with Crippen LogP contribution in [0.3, 0.4) is 0 Å². The minimum absolute atomic E-state index is 0.200. The fourth-order valence-electron chi connectivity index (χ4n) is 2.46. The fraction of sp³-hybridized carbons (Fsp3) is 0.500. The van der Waals surface area contributed by atoms with E-state index in [2.05, 4.69) is 11.9 Å². The first kappa shape index (κ1) is 19.4. The summed E-state index contributed by atoms with van der Waals surface area (Å²) in [6.07, 6.45) is 5.70. The molecule has 1 amide bonds. The zero-order chi connectivity index (χ0) is 18.1. The normalized spacial score (nSPS) is 21.7. The fourth-order valence-corrected chi connectivity index (χ4v) is 2.46. The first-order valence-corrected chi connectivity index (χ1v) is 7.67. The number of alkyl carbamates (subject to hydrolysis) is 1. The van der Waals surface area contributed by atoms with Gasteiger partial charge >= 0.3 is 12.1 Å². The summed E-state index contributed by atoms with van der Waals surface area (Å²) < 4.78 is 4.99. The molecule has 0 spiro atoms. The molecule has 2 N–H and O–H groups in total. The molecular weight excluding hydrogens is 316 g/mol. The van der Waals surface area contributed by atoms with Crippen LogP contribution < -0.4 is 5.32 Å². The number of nitro groups is 1. The van der Waals surface area contributed by atoms with Crippen LogP contribution in [0, 0.1) is 22.0 Å². The van der Waals surface area contributed by atoms with E-state index in [1.165, 1.54) is 19.1 Å². The molecule has 8 nitrogen and oxygen atoms in total. The summed E-state index contributed by atoms with van der Waals surface area (Å²) in [6.45, 7) is 5.25. The largest absolute Gasteiger partial charge is 0.481 e. The first-order valence-electron chi connectivity index (χ1n) is 7.67. The third kappa shape index (κ3) is 6.64. The van der Waals surface area contributed by atoms with E-state index < -0.39 is 17.0 Å². The zero-order valence-corrected chi connectivity index (χ0v) is 13.6. The molecule has 8 heteroatoms. The predicted molar refractivity (Wildman–Crippen MR) is 86.6 cm³/mol. The van der Waals surface area contributed by atoms with E-state index in [9.17, 15) is 19.7 Å². The van der Waals surface area contributed by atoms with Gasteiger partial charge in [-0.3, -0.25) is 14.9 Å². The Morgan fingerprint density at radius 3 is 2.46 bits per heavy atom. The summed E-state index contributed by atoms with van der Waals surface area (Å²) in [5.41, 5.74) is -0.200. The molecule has 1 fully saturated rings. The van der Waals surface area contributed by atoms with Gasteiger partial charge in [0.15, 0.2) is 0 Å². The molecule has 0 aliphatic heterocycles. The van der Waals surface area contributed by atoms with Crippen LogP contribution in [0.1, 0.15) is 32.6 Å². The van der Waals surface area contributed by atoms with Crippen molar-refractivity contribution in [3.8, 4) is 0 Å². The van der Waals surface area contributed by atoms with Crippen molar-refractivity contribution in [2.24, 2.45) is 11.8 Å². The second-order valence-electron chi connectivity index (χ2n) is 5.66. The molecule has 0 aromatic carbocycles. The van der Waals surface area contributed by atoms with Gasteiger partial charge in [-0.1, -0.05) is 6.58 Å². The van der Waals surface area contributed by atoms with Gasteiger partial charge in [0.05, 0.1) is 10.8 Å². The highest BCUT2D eigenvalue weighted by Gasteiger charge is 2.26. The quantitative estimate of drug-likeness (QED) is 0.319. The number of amides is 1. The Labute approximate surface area is 140 Å². The summed E-state index contributed by atoms with van der Waals surface area (Å²) >= 11 is 0. The second-order valence-corrected chi connectivity index (χ2v) is 5.66. The molecule has 1 rings (SSSR count). The smallest absolute Gasteiger partial charge is 0.412 e. The highest BCUT2D eigenvalue weighted by molar-refractivity contribution is 5.70. The van der Waals surface area contributed by atoms with E-state index in [1.807, 2.05) is 0 Å². The Bertz CT molecular complexity index is 559. The van der Waals surface area contributed by atoms with Crippen molar-refractivity contribution in [1.82, 2.24) is 5.32 Å². The summed E-state index contributed by atoms with van der Waals surface area (Å²) in [6, 6.07) is 0. The van der Waals surface area contributed by atoms with Gasteiger partial charge in [-0.25, -0.2) is 4.79 Å². The van der Waals surface area contributed by atoms with Gasteiger partial charge in [0, 0.05) is 18.7 Å². The number of allylic oxidation sites excluding steroid dienone is 4. The number of aliphatic carboxylic acids is 1. The Morgan fingerprint density at radius 1 is 1.33 bits per heavy atom. The number of hydrogen-bond donors (Lipinski definition) is 2. The molecule has 1 aliphatic rings. The Kier molecular flexibility index (Phi) is 7.67. The molecule has 0 heterocycles. The van der Waals surface area contributed by atoms with E-state index >= 15 is 0 Å². The minimum atomic E-state index is -0.761. The summed E-state index contributed by atoms with van der Waals surface area (Å²) in [7, 11) is 0. The van der Waals surface area contributed by atoms with Crippen LogP contribution >= 0.6 is 0 Å². The highest BCUT2D eigenvalue weighted by Crippen LogP contribution is 2.28. The van der Waals surface area contributed by atoms with Gasteiger partial charge in [0.1, 0.15) is 5.76 Å². The molecule has 132 valence electrons. The molecule has 0 aromatic heterocycles. The number of hydrogen-bond acceptors (Lipinski definition) is 5. The van der Waals surface area contributed by atoms with Crippen LogP contribution in [-0.2, 0) is 9.53 Å². The van der Waals surface area contributed by atoms with E-state index in [1.54, 1.807) is 0 Å². The molecule has 0 atom stereocenters. The van der Waals surface area contributed by atoms with Crippen LogP contribution in [-0.4, -0.2) is 28.6 Å². The molecule has 0 radical (unpaired) electrons. The van der Waals surface area contributed by atoms with Crippen molar-refractivity contribution < 1.29 is 24.4 Å². The van der Waals surface area contributed by atoms with Crippen LogP contribution in [0.4, 0.5) is 4.79 Å². The Hall–Kier alpha value is -2.64. The van der Waals surface area contributed by atoms with Gasteiger partial charge in [0.2, 0.25) is 0 Å². The maximum absolute atomic E-state index is 11.7. The first-order chi connectivity index (χ1) is 11.3. The highest BCUT2D eigenvalue weighted by atomic mass is 16.6. The average molecular weight is 338 g/mol. The maximum Gasteiger partial charge on any atom is 0.412 e. The SMILES string of the molecule is C=C/C(=C\C=C(/C)OC(=O)NCC1CCC(C(=O)O)CC1)[N+](=O)[O-]. The molecule has 1 aliphatic carbocycles. The van der Waals surface area contributed by atoms with Crippen LogP contribution in [0.2, 0.25) is 0 Å². The van der Waals surface area contributed by atoms with Crippen molar-refractivity contribution in [1.29, 1.82) is 0 Å². The number of nitrogens with zero attached hydrogens (tertiary/aromatic N) is 1.